The van der Waals surface area contributed by atoms with Gasteiger partial charge in [-0.15, -0.1) is 0 Å². The molecule has 0 spiro atoms. The first-order valence-electron chi connectivity index (χ1n) is 8.19. The number of alkyl halides is 3. The summed E-state index contributed by atoms with van der Waals surface area (Å²) in [5.74, 6) is -0.262. The highest BCUT2D eigenvalue weighted by molar-refractivity contribution is 5.59. The van der Waals surface area contributed by atoms with Crippen molar-refractivity contribution < 1.29 is 26.7 Å². The van der Waals surface area contributed by atoms with Gasteiger partial charge in [0.05, 0.1) is 18.8 Å². The van der Waals surface area contributed by atoms with E-state index in [4.69, 9.17) is 9.15 Å². The van der Waals surface area contributed by atoms with Crippen LogP contribution < -0.4 is 0 Å². The van der Waals surface area contributed by atoms with Gasteiger partial charge in [-0.3, -0.25) is 4.90 Å². The molecule has 2 heterocycles. The number of nitrogens with zero attached hydrogens (tertiary/aromatic N) is 1. The molecule has 136 valence electrons. The Labute approximate surface area is 143 Å². The number of hydrogen-bond donors (Lipinski definition) is 0. The zero-order chi connectivity index (χ0) is 17.9. The molecular weight excluding hydrogens is 338 g/mol. The number of hydrogen-bond acceptors (Lipinski definition) is 3. The molecule has 1 aliphatic rings. The molecule has 1 fully saturated rings. The summed E-state index contributed by atoms with van der Waals surface area (Å²) in [5.41, 5.74) is -1.07. The molecule has 1 aromatic carbocycles. The highest BCUT2D eigenvalue weighted by atomic mass is 19.4. The van der Waals surface area contributed by atoms with E-state index in [0.29, 0.717) is 17.9 Å². The number of halogens is 4. The number of benzene rings is 1. The highest BCUT2D eigenvalue weighted by Gasteiger charge is 2.34. The molecule has 0 atom stereocenters. The maximum absolute atomic E-state index is 13.4. The fourth-order valence-corrected chi connectivity index (χ4v) is 2.86. The number of morpholine rings is 1. The van der Waals surface area contributed by atoms with Crippen LogP contribution in [-0.4, -0.2) is 37.7 Å². The summed E-state index contributed by atoms with van der Waals surface area (Å²) in [5, 5.41) is 0. The fourth-order valence-electron chi connectivity index (χ4n) is 2.86. The van der Waals surface area contributed by atoms with Crippen LogP contribution in [0.1, 0.15) is 17.7 Å². The van der Waals surface area contributed by atoms with E-state index in [2.05, 4.69) is 4.90 Å². The first-order valence-corrected chi connectivity index (χ1v) is 8.19. The lowest BCUT2D eigenvalue weighted by Gasteiger charge is -2.26. The second-order valence-corrected chi connectivity index (χ2v) is 6.02. The smallest absolute Gasteiger partial charge is 0.419 e. The van der Waals surface area contributed by atoms with Gasteiger partial charge in [0.25, 0.3) is 0 Å². The maximum atomic E-state index is 13.4. The topological polar surface area (TPSA) is 25.6 Å². The van der Waals surface area contributed by atoms with Crippen LogP contribution >= 0.6 is 0 Å². The van der Waals surface area contributed by atoms with Crippen molar-refractivity contribution in [3.05, 3.63) is 47.5 Å². The van der Waals surface area contributed by atoms with E-state index in [1.807, 2.05) is 0 Å². The summed E-state index contributed by atoms with van der Waals surface area (Å²) in [7, 11) is 0. The van der Waals surface area contributed by atoms with Crippen LogP contribution in [-0.2, 0) is 17.3 Å². The van der Waals surface area contributed by atoms with Crippen molar-refractivity contribution in [3.63, 3.8) is 0 Å². The van der Waals surface area contributed by atoms with Crippen LogP contribution in [0.3, 0.4) is 0 Å². The molecule has 1 saturated heterocycles. The zero-order valence-corrected chi connectivity index (χ0v) is 13.6. The second kappa shape index (κ2) is 7.58. The SMILES string of the molecule is Fc1ccc(-c2ccc(CCCN3CCOCC3)o2)cc1C(F)(F)F. The Morgan fingerprint density at radius 2 is 1.80 bits per heavy atom. The van der Waals surface area contributed by atoms with Gasteiger partial charge in [-0.05, 0) is 43.3 Å². The third kappa shape index (κ3) is 4.61. The van der Waals surface area contributed by atoms with E-state index in [9.17, 15) is 17.6 Å². The Kier molecular flexibility index (Phi) is 5.44. The lowest BCUT2D eigenvalue weighted by atomic mass is 10.1. The molecule has 0 radical (unpaired) electrons. The molecule has 25 heavy (non-hydrogen) atoms. The number of ether oxygens (including phenoxy) is 1. The Balaban J connectivity index is 1.63. The van der Waals surface area contributed by atoms with Gasteiger partial charge in [0, 0.05) is 25.1 Å². The first kappa shape index (κ1) is 17.9. The van der Waals surface area contributed by atoms with Crippen molar-refractivity contribution in [1.82, 2.24) is 4.90 Å². The Bertz CT molecular complexity index is 705. The van der Waals surface area contributed by atoms with E-state index in [1.54, 1.807) is 12.1 Å². The number of aryl methyl sites for hydroxylation is 1. The summed E-state index contributed by atoms with van der Waals surface area (Å²) in [6, 6.07) is 6.27. The van der Waals surface area contributed by atoms with Crippen LogP contribution in [0.2, 0.25) is 0 Å². The summed E-state index contributed by atoms with van der Waals surface area (Å²) in [4.78, 5) is 2.31. The van der Waals surface area contributed by atoms with Crippen LogP contribution in [0.25, 0.3) is 11.3 Å². The predicted octanol–water partition coefficient (Wildman–Crippen LogP) is 4.37. The van der Waals surface area contributed by atoms with E-state index in [1.165, 1.54) is 6.07 Å². The molecule has 1 aromatic heterocycles. The van der Waals surface area contributed by atoms with Crippen molar-refractivity contribution in [2.24, 2.45) is 0 Å². The monoisotopic (exact) mass is 357 g/mol. The zero-order valence-electron chi connectivity index (χ0n) is 13.6. The van der Waals surface area contributed by atoms with Gasteiger partial charge in [-0.2, -0.15) is 13.2 Å². The lowest BCUT2D eigenvalue weighted by molar-refractivity contribution is -0.139. The normalized spacial score (nSPS) is 16.3. The molecule has 0 aliphatic carbocycles. The van der Waals surface area contributed by atoms with Gasteiger partial charge in [0.1, 0.15) is 17.3 Å². The molecule has 7 heteroatoms. The van der Waals surface area contributed by atoms with Crippen molar-refractivity contribution in [1.29, 1.82) is 0 Å². The van der Waals surface area contributed by atoms with Gasteiger partial charge in [0.2, 0.25) is 0 Å². The number of rotatable bonds is 5. The van der Waals surface area contributed by atoms with Gasteiger partial charge < -0.3 is 9.15 Å². The predicted molar refractivity (Wildman–Crippen MR) is 84.7 cm³/mol. The molecule has 2 aromatic rings. The van der Waals surface area contributed by atoms with Crippen LogP contribution in [0.4, 0.5) is 17.6 Å². The van der Waals surface area contributed by atoms with Crippen molar-refractivity contribution in [2.45, 2.75) is 19.0 Å². The Hall–Kier alpha value is -1.86. The lowest BCUT2D eigenvalue weighted by Crippen LogP contribution is -2.36. The van der Waals surface area contributed by atoms with Gasteiger partial charge in [-0.25, -0.2) is 4.39 Å². The summed E-state index contributed by atoms with van der Waals surface area (Å²) < 4.78 is 62.7. The average Bonchev–Trinajstić information content (AvgIpc) is 3.04. The fraction of sp³-hybridized carbons (Fsp3) is 0.444. The average molecular weight is 357 g/mol. The maximum Gasteiger partial charge on any atom is 0.419 e. The Morgan fingerprint density at radius 3 is 2.52 bits per heavy atom. The summed E-state index contributed by atoms with van der Waals surface area (Å²) in [6.07, 6.45) is -3.14. The third-order valence-electron chi connectivity index (χ3n) is 4.22. The largest absolute Gasteiger partial charge is 0.461 e. The minimum atomic E-state index is -4.73. The Morgan fingerprint density at radius 1 is 1.04 bits per heavy atom. The van der Waals surface area contributed by atoms with Crippen molar-refractivity contribution >= 4 is 0 Å². The highest BCUT2D eigenvalue weighted by Crippen LogP contribution is 2.34. The molecule has 3 rings (SSSR count). The summed E-state index contributed by atoms with van der Waals surface area (Å²) >= 11 is 0. The molecule has 0 unspecified atom stereocenters. The second-order valence-electron chi connectivity index (χ2n) is 6.02. The van der Waals surface area contributed by atoms with Crippen LogP contribution in [0, 0.1) is 5.82 Å². The molecule has 0 bridgehead atoms. The first-order chi connectivity index (χ1) is 11.9. The minimum absolute atomic E-state index is 0.216. The van der Waals surface area contributed by atoms with E-state index in [0.717, 1.165) is 51.4 Å². The standard InChI is InChI=1S/C18H19F4NO2/c19-16-5-3-13(12-15(16)18(20,21)22)17-6-4-14(25-17)2-1-7-23-8-10-24-11-9-23/h3-6,12H,1-2,7-11H2. The quantitative estimate of drug-likeness (QED) is 0.743. The molecule has 0 amide bonds. The summed E-state index contributed by atoms with van der Waals surface area (Å²) in [6.45, 7) is 4.25. The van der Waals surface area contributed by atoms with Crippen molar-refractivity contribution in [2.75, 3.05) is 32.8 Å². The molecule has 3 nitrogen and oxygen atoms in total. The third-order valence-corrected chi connectivity index (χ3v) is 4.22. The van der Waals surface area contributed by atoms with Gasteiger partial charge >= 0.3 is 6.18 Å². The molecule has 1 aliphatic heterocycles. The van der Waals surface area contributed by atoms with Gasteiger partial charge in [-0.1, -0.05) is 0 Å². The van der Waals surface area contributed by atoms with Crippen LogP contribution in [0.15, 0.2) is 34.7 Å². The van der Waals surface area contributed by atoms with Crippen molar-refractivity contribution in [3.8, 4) is 11.3 Å². The van der Waals surface area contributed by atoms with Crippen LogP contribution in [0.5, 0.6) is 0 Å². The van der Waals surface area contributed by atoms with E-state index < -0.39 is 17.6 Å². The van der Waals surface area contributed by atoms with Gasteiger partial charge in [0.15, 0.2) is 0 Å². The molecular formula is C18H19F4NO2. The van der Waals surface area contributed by atoms with E-state index >= 15 is 0 Å². The minimum Gasteiger partial charge on any atom is -0.461 e. The number of furan rings is 1. The van der Waals surface area contributed by atoms with E-state index in [-0.39, 0.29) is 5.56 Å². The molecule has 0 saturated carbocycles. The molecule has 0 N–H and O–H groups in total.